The van der Waals surface area contributed by atoms with Crippen LogP contribution in [0.2, 0.25) is 0 Å². The molecule has 0 saturated heterocycles. The standard InChI is InChI=1S/C17H16FNO2/c18-15-9-5-4-6-13(15)10-11-17(21)19-16(12-20)14-7-2-1-3-8-14/h1-11,16,20H,12H2,(H,19,21)/b11-10+/t16-/m1/s1. The molecular weight excluding hydrogens is 269 g/mol. The van der Waals surface area contributed by atoms with Crippen molar-refractivity contribution < 1.29 is 14.3 Å². The Morgan fingerprint density at radius 1 is 1.14 bits per heavy atom. The third-order valence-electron chi connectivity index (χ3n) is 3.02. The second-order valence-corrected chi connectivity index (χ2v) is 4.51. The van der Waals surface area contributed by atoms with E-state index in [0.29, 0.717) is 5.56 Å². The highest BCUT2D eigenvalue weighted by Gasteiger charge is 2.11. The number of nitrogens with one attached hydrogen (secondary N) is 1. The van der Waals surface area contributed by atoms with Gasteiger partial charge in [-0.15, -0.1) is 0 Å². The van der Waals surface area contributed by atoms with Gasteiger partial charge in [0.05, 0.1) is 12.6 Å². The van der Waals surface area contributed by atoms with Crippen molar-refractivity contribution in [3.63, 3.8) is 0 Å². The molecule has 21 heavy (non-hydrogen) atoms. The SMILES string of the molecule is O=C(/C=C/c1ccccc1F)N[C@H](CO)c1ccccc1. The fraction of sp³-hybridized carbons (Fsp3) is 0.118. The van der Waals surface area contributed by atoms with Crippen molar-refractivity contribution in [2.75, 3.05) is 6.61 Å². The van der Waals surface area contributed by atoms with Gasteiger partial charge in [0, 0.05) is 11.6 Å². The van der Waals surface area contributed by atoms with E-state index in [2.05, 4.69) is 5.32 Å². The molecule has 2 N–H and O–H groups in total. The second kappa shape index (κ2) is 7.36. The van der Waals surface area contributed by atoms with Crippen molar-refractivity contribution in [3.05, 3.63) is 77.6 Å². The Bertz CT molecular complexity index is 626. The zero-order chi connectivity index (χ0) is 15.1. The molecule has 1 amide bonds. The summed E-state index contributed by atoms with van der Waals surface area (Å²) in [6, 6.07) is 14.9. The Balaban J connectivity index is 2.02. The number of carbonyl (C=O) groups excluding carboxylic acids is 1. The highest BCUT2D eigenvalue weighted by molar-refractivity contribution is 5.92. The number of benzene rings is 2. The molecule has 0 aliphatic rings. The van der Waals surface area contributed by atoms with Gasteiger partial charge in [0.15, 0.2) is 0 Å². The first-order valence-electron chi connectivity index (χ1n) is 6.59. The normalized spacial score (nSPS) is 12.3. The van der Waals surface area contributed by atoms with E-state index in [0.717, 1.165) is 5.56 Å². The quantitative estimate of drug-likeness (QED) is 0.830. The average Bonchev–Trinajstić information content (AvgIpc) is 2.52. The van der Waals surface area contributed by atoms with Crippen LogP contribution in [0.5, 0.6) is 0 Å². The predicted octanol–water partition coefficient (Wildman–Crippen LogP) is 2.69. The Morgan fingerprint density at radius 3 is 2.48 bits per heavy atom. The maximum absolute atomic E-state index is 13.4. The summed E-state index contributed by atoms with van der Waals surface area (Å²) >= 11 is 0. The summed E-state index contributed by atoms with van der Waals surface area (Å²) in [5, 5.41) is 12.0. The second-order valence-electron chi connectivity index (χ2n) is 4.51. The van der Waals surface area contributed by atoms with Crippen LogP contribution >= 0.6 is 0 Å². The molecule has 0 aromatic heterocycles. The molecule has 0 radical (unpaired) electrons. The first-order chi connectivity index (χ1) is 10.2. The minimum atomic E-state index is -0.482. The monoisotopic (exact) mass is 285 g/mol. The van der Waals surface area contributed by atoms with Crippen molar-refractivity contribution in [2.45, 2.75) is 6.04 Å². The van der Waals surface area contributed by atoms with Crippen molar-refractivity contribution in [1.29, 1.82) is 0 Å². The Morgan fingerprint density at radius 2 is 1.81 bits per heavy atom. The van der Waals surface area contributed by atoms with Gasteiger partial charge in [-0.2, -0.15) is 0 Å². The molecule has 2 aromatic carbocycles. The molecule has 0 heterocycles. The van der Waals surface area contributed by atoms with Gasteiger partial charge >= 0.3 is 0 Å². The van der Waals surface area contributed by atoms with E-state index in [-0.39, 0.29) is 18.3 Å². The number of halogens is 1. The highest BCUT2D eigenvalue weighted by Crippen LogP contribution is 2.12. The third-order valence-corrected chi connectivity index (χ3v) is 3.02. The molecule has 108 valence electrons. The zero-order valence-corrected chi connectivity index (χ0v) is 11.4. The van der Waals surface area contributed by atoms with E-state index in [1.165, 1.54) is 18.2 Å². The number of hydrogen-bond acceptors (Lipinski definition) is 2. The lowest BCUT2D eigenvalue weighted by Crippen LogP contribution is -2.29. The van der Waals surface area contributed by atoms with Crippen molar-refractivity contribution in [2.24, 2.45) is 0 Å². The molecule has 0 aliphatic heterocycles. The minimum Gasteiger partial charge on any atom is -0.394 e. The van der Waals surface area contributed by atoms with E-state index in [1.54, 1.807) is 18.2 Å². The molecule has 2 rings (SSSR count). The average molecular weight is 285 g/mol. The third kappa shape index (κ3) is 4.26. The van der Waals surface area contributed by atoms with Gasteiger partial charge in [-0.3, -0.25) is 4.79 Å². The van der Waals surface area contributed by atoms with E-state index < -0.39 is 6.04 Å². The summed E-state index contributed by atoms with van der Waals surface area (Å²) in [7, 11) is 0. The smallest absolute Gasteiger partial charge is 0.244 e. The first kappa shape index (κ1) is 14.9. The molecule has 0 unspecified atom stereocenters. The summed E-state index contributed by atoms with van der Waals surface area (Å²) in [5.41, 5.74) is 1.15. The van der Waals surface area contributed by atoms with Crippen LogP contribution in [0.3, 0.4) is 0 Å². The van der Waals surface area contributed by atoms with Gasteiger partial charge in [0.1, 0.15) is 5.82 Å². The molecule has 1 atom stereocenters. The minimum absolute atomic E-state index is 0.205. The molecule has 4 heteroatoms. The van der Waals surface area contributed by atoms with Crippen LogP contribution in [0.25, 0.3) is 6.08 Å². The van der Waals surface area contributed by atoms with Crippen LogP contribution < -0.4 is 5.32 Å². The van der Waals surface area contributed by atoms with Crippen molar-refractivity contribution >= 4 is 12.0 Å². The number of aliphatic hydroxyl groups is 1. The molecule has 0 saturated carbocycles. The summed E-state index contributed by atoms with van der Waals surface area (Å²) in [6.45, 7) is -0.205. The van der Waals surface area contributed by atoms with Gasteiger partial charge in [-0.05, 0) is 17.7 Å². The van der Waals surface area contributed by atoms with Crippen LogP contribution in [-0.2, 0) is 4.79 Å². The number of carbonyl (C=O) groups is 1. The van der Waals surface area contributed by atoms with Gasteiger partial charge in [-0.25, -0.2) is 4.39 Å². The molecule has 3 nitrogen and oxygen atoms in total. The van der Waals surface area contributed by atoms with Crippen molar-refractivity contribution in [1.82, 2.24) is 5.32 Å². The largest absolute Gasteiger partial charge is 0.394 e. The van der Waals surface area contributed by atoms with Crippen LogP contribution in [0.1, 0.15) is 17.2 Å². The lowest BCUT2D eigenvalue weighted by molar-refractivity contribution is -0.117. The molecule has 0 bridgehead atoms. The van der Waals surface area contributed by atoms with Gasteiger partial charge < -0.3 is 10.4 Å². The molecule has 0 aliphatic carbocycles. The summed E-state index contributed by atoms with van der Waals surface area (Å²) < 4.78 is 13.4. The van der Waals surface area contributed by atoms with Gasteiger partial charge in [-0.1, -0.05) is 48.5 Å². The summed E-state index contributed by atoms with van der Waals surface area (Å²) in [5.74, 6) is -0.774. The van der Waals surface area contributed by atoms with Gasteiger partial charge in [0.2, 0.25) is 5.91 Å². The molecule has 0 spiro atoms. The fourth-order valence-electron chi connectivity index (χ4n) is 1.92. The lowest BCUT2D eigenvalue weighted by Gasteiger charge is -2.15. The predicted molar refractivity (Wildman–Crippen MR) is 79.8 cm³/mol. The first-order valence-corrected chi connectivity index (χ1v) is 6.59. The fourth-order valence-corrected chi connectivity index (χ4v) is 1.92. The molecular formula is C17H16FNO2. The topological polar surface area (TPSA) is 49.3 Å². The highest BCUT2D eigenvalue weighted by atomic mass is 19.1. The zero-order valence-electron chi connectivity index (χ0n) is 11.4. The van der Waals surface area contributed by atoms with Crippen LogP contribution in [0, 0.1) is 5.82 Å². The van der Waals surface area contributed by atoms with Crippen molar-refractivity contribution in [3.8, 4) is 0 Å². The Kier molecular flexibility index (Phi) is 5.23. The van der Waals surface area contributed by atoms with Gasteiger partial charge in [0.25, 0.3) is 0 Å². The number of hydrogen-bond donors (Lipinski definition) is 2. The Hall–Kier alpha value is -2.46. The van der Waals surface area contributed by atoms with E-state index in [4.69, 9.17) is 0 Å². The molecule has 0 fully saturated rings. The number of aliphatic hydroxyl groups excluding tert-OH is 1. The summed E-state index contributed by atoms with van der Waals surface area (Å²) in [6.07, 6.45) is 2.66. The number of amides is 1. The van der Waals surface area contributed by atoms with Crippen LogP contribution in [-0.4, -0.2) is 17.6 Å². The maximum atomic E-state index is 13.4. The van der Waals surface area contributed by atoms with E-state index in [9.17, 15) is 14.3 Å². The van der Waals surface area contributed by atoms with E-state index >= 15 is 0 Å². The lowest BCUT2D eigenvalue weighted by atomic mass is 10.1. The van der Waals surface area contributed by atoms with Crippen LogP contribution in [0.4, 0.5) is 4.39 Å². The Labute approximate surface area is 122 Å². The van der Waals surface area contributed by atoms with E-state index in [1.807, 2.05) is 30.3 Å². The maximum Gasteiger partial charge on any atom is 0.244 e. The molecule has 2 aromatic rings. The number of rotatable bonds is 5. The van der Waals surface area contributed by atoms with Crippen LogP contribution in [0.15, 0.2) is 60.7 Å². The summed E-state index contributed by atoms with van der Waals surface area (Å²) in [4.78, 5) is 11.8.